The molecule has 2 aromatic carbocycles. The molecule has 4 aromatic rings. The topological polar surface area (TPSA) is 58.2 Å². The molecule has 6 heteroatoms. The van der Waals surface area contributed by atoms with Gasteiger partial charge in [-0.2, -0.15) is 0 Å². The maximum atomic E-state index is 12.5. The second-order valence-electron chi connectivity index (χ2n) is 5.61. The summed E-state index contributed by atoms with van der Waals surface area (Å²) in [5, 5.41) is 11.5. The van der Waals surface area contributed by atoms with Gasteiger partial charge in [-0.15, -0.1) is 22.7 Å². The minimum Gasteiger partial charge on any atom is -0.319 e. The fraction of sp³-hybridized carbons (Fsp3) is 0. The average molecular weight is 378 g/mol. The lowest BCUT2D eigenvalue weighted by Crippen LogP contribution is -2.15. The number of rotatable bonds is 4. The Morgan fingerprint density at radius 2 is 1.12 bits per heavy atom. The summed E-state index contributed by atoms with van der Waals surface area (Å²) in [5.41, 5.74) is 1.15. The van der Waals surface area contributed by atoms with Crippen molar-refractivity contribution in [2.24, 2.45) is 0 Å². The van der Waals surface area contributed by atoms with Gasteiger partial charge in [0, 0.05) is 0 Å². The third kappa shape index (κ3) is 3.37. The normalized spacial score (nSPS) is 10.6. The minimum atomic E-state index is -0.193. The zero-order chi connectivity index (χ0) is 17.9. The predicted molar refractivity (Wildman–Crippen MR) is 108 cm³/mol. The number of benzene rings is 2. The second-order valence-corrected chi connectivity index (χ2v) is 7.50. The third-order valence-corrected chi connectivity index (χ3v) is 5.61. The quantitative estimate of drug-likeness (QED) is 0.495. The SMILES string of the molecule is O=C(Nc1cc2ccccc2cc1NC(=O)c1cccs1)c1cccs1. The molecule has 0 atom stereocenters. The Kier molecular flexibility index (Phi) is 4.51. The van der Waals surface area contributed by atoms with Crippen molar-refractivity contribution in [3.05, 3.63) is 81.2 Å². The summed E-state index contributed by atoms with van der Waals surface area (Å²) in [5.74, 6) is -0.385. The molecule has 0 spiro atoms. The van der Waals surface area contributed by atoms with Gasteiger partial charge in [-0.1, -0.05) is 36.4 Å². The molecule has 0 aliphatic rings. The van der Waals surface area contributed by atoms with Gasteiger partial charge < -0.3 is 10.6 Å². The van der Waals surface area contributed by atoms with Gasteiger partial charge in [-0.05, 0) is 45.8 Å². The number of thiophene rings is 2. The molecule has 2 heterocycles. The predicted octanol–water partition coefficient (Wildman–Crippen LogP) is 5.47. The molecule has 0 saturated heterocycles. The van der Waals surface area contributed by atoms with Gasteiger partial charge in [0.05, 0.1) is 21.1 Å². The number of carbonyl (C=O) groups is 2. The van der Waals surface area contributed by atoms with Crippen LogP contribution in [0, 0.1) is 0 Å². The van der Waals surface area contributed by atoms with Crippen LogP contribution in [0.2, 0.25) is 0 Å². The van der Waals surface area contributed by atoms with E-state index in [0.717, 1.165) is 10.8 Å². The van der Waals surface area contributed by atoms with Crippen LogP contribution in [0.1, 0.15) is 19.3 Å². The van der Waals surface area contributed by atoms with Crippen LogP contribution in [0.15, 0.2) is 71.4 Å². The number of fused-ring (bicyclic) bond motifs is 1. The standard InChI is InChI=1S/C20H14N2O2S2/c23-19(17-7-3-9-25-17)21-15-11-13-5-1-2-6-14(13)12-16(15)22-20(24)18-8-4-10-26-18/h1-12H,(H,21,23)(H,22,24). The number of anilines is 2. The fourth-order valence-corrected chi connectivity index (χ4v) is 3.87. The molecule has 0 aliphatic carbocycles. The summed E-state index contributed by atoms with van der Waals surface area (Å²) < 4.78 is 0. The van der Waals surface area contributed by atoms with Gasteiger partial charge in [-0.3, -0.25) is 9.59 Å². The van der Waals surface area contributed by atoms with E-state index in [1.807, 2.05) is 59.3 Å². The Balaban J connectivity index is 1.71. The van der Waals surface area contributed by atoms with Crippen LogP contribution in [0.5, 0.6) is 0 Å². The summed E-state index contributed by atoms with van der Waals surface area (Å²) in [6.45, 7) is 0. The van der Waals surface area contributed by atoms with E-state index in [0.29, 0.717) is 21.1 Å². The van der Waals surface area contributed by atoms with Crippen LogP contribution < -0.4 is 10.6 Å². The molecule has 0 bridgehead atoms. The Morgan fingerprint density at radius 3 is 1.50 bits per heavy atom. The number of amides is 2. The lowest BCUT2D eigenvalue weighted by molar-refractivity contribution is 0.102. The summed E-state index contributed by atoms with van der Waals surface area (Å²) in [6.07, 6.45) is 0. The molecule has 0 unspecified atom stereocenters. The molecule has 0 saturated carbocycles. The molecule has 0 radical (unpaired) electrons. The van der Waals surface area contributed by atoms with Crippen LogP contribution in [0.25, 0.3) is 10.8 Å². The highest BCUT2D eigenvalue weighted by Crippen LogP contribution is 2.30. The second kappa shape index (κ2) is 7.11. The molecule has 2 N–H and O–H groups in total. The Bertz CT molecular complexity index is 984. The smallest absolute Gasteiger partial charge is 0.265 e. The number of nitrogens with one attached hydrogen (secondary N) is 2. The first-order valence-electron chi connectivity index (χ1n) is 7.93. The van der Waals surface area contributed by atoms with E-state index >= 15 is 0 Å². The molecule has 2 aromatic heterocycles. The van der Waals surface area contributed by atoms with E-state index in [4.69, 9.17) is 0 Å². The number of hydrogen-bond donors (Lipinski definition) is 2. The third-order valence-electron chi connectivity index (χ3n) is 3.87. The van der Waals surface area contributed by atoms with Gasteiger partial charge >= 0.3 is 0 Å². The van der Waals surface area contributed by atoms with Gasteiger partial charge in [0.15, 0.2) is 0 Å². The lowest BCUT2D eigenvalue weighted by Gasteiger charge is -2.13. The Labute approximate surface area is 158 Å². The zero-order valence-corrected chi connectivity index (χ0v) is 15.2. The largest absolute Gasteiger partial charge is 0.319 e. The van der Waals surface area contributed by atoms with Crippen molar-refractivity contribution < 1.29 is 9.59 Å². The summed E-state index contributed by atoms with van der Waals surface area (Å²) in [4.78, 5) is 26.2. The van der Waals surface area contributed by atoms with Crippen molar-refractivity contribution in [1.29, 1.82) is 0 Å². The van der Waals surface area contributed by atoms with E-state index in [2.05, 4.69) is 10.6 Å². The van der Waals surface area contributed by atoms with Crippen LogP contribution in [-0.2, 0) is 0 Å². The molecule has 0 aliphatic heterocycles. The van der Waals surface area contributed by atoms with Crippen molar-refractivity contribution >= 4 is 56.6 Å². The van der Waals surface area contributed by atoms with Crippen molar-refractivity contribution in [1.82, 2.24) is 0 Å². The van der Waals surface area contributed by atoms with Crippen LogP contribution in [-0.4, -0.2) is 11.8 Å². The average Bonchev–Trinajstić information content (AvgIpc) is 3.36. The lowest BCUT2D eigenvalue weighted by atomic mass is 10.1. The van der Waals surface area contributed by atoms with Crippen molar-refractivity contribution in [2.75, 3.05) is 10.6 Å². The molecular formula is C20H14N2O2S2. The van der Waals surface area contributed by atoms with Crippen LogP contribution in [0.3, 0.4) is 0 Å². The molecular weight excluding hydrogens is 364 g/mol. The van der Waals surface area contributed by atoms with E-state index in [9.17, 15) is 9.59 Å². The number of hydrogen-bond acceptors (Lipinski definition) is 4. The fourth-order valence-electron chi connectivity index (χ4n) is 2.63. The number of carbonyl (C=O) groups excluding carboxylic acids is 2. The van der Waals surface area contributed by atoms with Gasteiger partial charge in [0.2, 0.25) is 0 Å². The van der Waals surface area contributed by atoms with E-state index in [-0.39, 0.29) is 11.8 Å². The molecule has 128 valence electrons. The maximum absolute atomic E-state index is 12.5. The maximum Gasteiger partial charge on any atom is 0.265 e. The molecule has 4 nitrogen and oxygen atoms in total. The molecule has 2 amide bonds. The minimum absolute atomic E-state index is 0.193. The van der Waals surface area contributed by atoms with Gasteiger partial charge in [-0.25, -0.2) is 0 Å². The van der Waals surface area contributed by atoms with E-state index in [1.165, 1.54) is 22.7 Å². The first kappa shape index (κ1) is 16.5. The first-order valence-corrected chi connectivity index (χ1v) is 9.69. The summed E-state index contributed by atoms with van der Waals surface area (Å²) in [7, 11) is 0. The summed E-state index contributed by atoms with van der Waals surface area (Å²) >= 11 is 2.75. The molecule has 0 fully saturated rings. The van der Waals surface area contributed by atoms with Crippen LogP contribution in [0.4, 0.5) is 11.4 Å². The van der Waals surface area contributed by atoms with Gasteiger partial charge in [0.25, 0.3) is 11.8 Å². The van der Waals surface area contributed by atoms with Gasteiger partial charge in [0.1, 0.15) is 0 Å². The highest BCUT2D eigenvalue weighted by Gasteiger charge is 2.14. The highest BCUT2D eigenvalue weighted by molar-refractivity contribution is 7.12. The first-order chi connectivity index (χ1) is 12.7. The highest BCUT2D eigenvalue weighted by atomic mass is 32.1. The molecule has 26 heavy (non-hydrogen) atoms. The molecule has 4 rings (SSSR count). The summed E-state index contributed by atoms with van der Waals surface area (Å²) in [6, 6.07) is 18.8. The monoisotopic (exact) mass is 378 g/mol. The Morgan fingerprint density at radius 1 is 0.654 bits per heavy atom. The van der Waals surface area contributed by atoms with Crippen molar-refractivity contribution in [3.63, 3.8) is 0 Å². The van der Waals surface area contributed by atoms with Crippen molar-refractivity contribution in [3.8, 4) is 0 Å². The van der Waals surface area contributed by atoms with E-state index < -0.39 is 0 Å². The zero-order valence-electron chi connectivity index (χ0n) is 13.6. The van der Waals surface area contributed by atoms with E-state index in [1.54, 1.807) is 12.1 Å². The Hall–Kier alpha value is -2.96. The van der Waals surface area contributed by atoms with Crippen molar-refractivity contribution in [2.45, 2.75) is 0 Å². The van der Waals surface area contributed by atoms with Crippen LogP contribution >= 0.6 is 22.7 Å².